The van der Waals surface area contributed by atoms with Gasteiger partial charge >= 0.3 is 5.97 Å². The Bertz CT molecular complexity index is 916. The molecule has 1 aromatic heterocycles. The zero-order chi connectivity index (χ0) is 16.6. The molecule has 0 aliphatic rings. The molecule has 2 aromatic carbocycles. The molecule has 0 aliphatic carbocycles. The third kappa shape index (κ3) is 2.95. The lowest BCUT2D eigenvalue weighted by atomic mass is 10.2. The number of hydrogen-bond donors (Lipinski definition) is 1. The highest BCUT2D eigenvalue weighted by molar-refractivity contribution is 9.10. The third-order valence-corrected chi connectivity index (χ3v) is 4.06. The quantitative estimate of drug-likeness (QED) is 0.551. The number of carbonyl (C=O) groups is 1. The molecule has 7 heteroatoms. The van der Waals surface area contributed by atoms with Crippen LogP contribution in [-0.4, -0.2) is 20.6 Å². The molecule has 0 atom stereocenters. The highest BCUT2D eigenvalue weighted by Crippen LogP contribution is 2.25. The summed E-state index contributed by atoms with van der Waals surface area (Å²) in [5.74, 6) is -1.01. The van der Waals surface area contributed by atoms with E-state index in [2.05, 4.69) is 15.9 Å². The Kier molecular flexibility index (Phi) is 3.87. The molecule has 0 saturated carbocycles. The molecule has 0 amide bonds. The van der Waals surface area contributed by atoms with Gasteiger partial charge < -0.3 is 9.67 Å². The third-order valence-electron chi connectivity index (χ3n) is 3.57. The standard InChI is InChI=1S/C16H11BrN2O4/c17-12-3-6-14-11(7-12)8-15(16(20)21)18(14)9-10-1-4-13(5-2-10)19(22)23/h1-8H,9H2,(H,20,21). The van der Waals surface area contributed by atoms with Crippen molar-refractivity contribution in [3.8, 4) is 0 Å². The van der Waals surface area contributed by atoms with E-state index in [0.717, 1.165) is 20.9 Å². The van der Waals surface area contributed by atoms with E-state index in [0.29, 0.717) is 6.54 Å². The number of fused-ring (bicyclic) bond motifs is 1. The molecular weight excluding hydrogens is 364 g/mol. The van der Waals surface area contributed by atoms with Gasteiger partial charge in [-0.1, -0.05) is 28.1 Å². The van der Waals surface area contributed by atoms with Crippen LogP contribution >= 0.6 is 15.9 Å². The van der Waals surface area contributed by atoms with E-state index in [1.54, 1.807) is 22.8 Å². The highest BCUT2D eigenvalue weighted by atomic mass is 79.9. The van der Waals surface area contributed by atoms with Crippen molar-refractivity contribution < 1.29 is 14.8 Å². The molecule has 0 radical (unpaired) electrons. The molecule has 0 saturated heterocycles. The molecule has 6 nitrogen and oxygen atoms in total. The number of aromatic nitrogens is 1. The first kappa shape index (κ1) is 15.2. The molecule has 0 spiro atoms. The second-order valence-electron chi connectivity index (χ2n) is 5.05. The SMILES string of the molecule is O=C(O)c1cc2cc(Br)ccc2n1Cc1ccc([N+](=O)[O-])cc1. The summed E-state index contributed by atoms with van der Waals surface area (Å²) in [7, 11) is 0. The number of nitrogens with zero attached hydrogens (tertiary/aromatic N) is 2. The lowest BCUT2D eigenvalue weighted by Crippen LogP contribution is -2.09. The minimum Gasteiger partial charge on any atom is -0.477 e. The van der Waals surface area contributed by atoms with Crippen LogP contribution in [0.5, 0.6) is 0 Å². The molecule has 0 aliphatic heterocycles. The first-order chi connectivity index (χ1) is 11.0. The van der Waals surface area contributed by atoms with Crippen molar-refractivity contribution in [3.63, 3.8) is 0 Å². The van der Waals surface area contributed by atoms with E-state index in [1.807, 2.05) is 18.2 Å². The molecule has 1 N–H and O–H groups in total. The summed E-state index contributed by atoms with van der Waals surface area (Å²) in [5.41, 5.74) is 1.77. The summed E-state index contributed by atoms with van der Waals surface area (Å²) in [6.45, 7) is 0.324. The number of carboxylic acid groups (broad SMARTS) is 1. The number of halogens is 1. The fourth-order valence-electron chi connectivity index (χ4n) is 2.49. The van der Waals surface area contributed by atoms with Crippen LogP contribution in [0.15, 0.2) is 53.0 Å². The Labute approximate surface area is 139 Å². The zero-order valence-electron chi connectivity index (χ0n) is 11.8. The van der Waals surface area contributed by atoms with Crippen LogP contribution in [0.3, 0.4) is 0 Å². The number of nitro groups is 1. The van der Waals surface area contributed by atoms with Crippen LogP contribution in [0.25, 0.3) is 10.9 Å². The molecule has 0 bridgehead atoms. The minimum absolute atomic E-state index is 0.00787. The predicted molar refractivity (Wildman–Crippen MR) is 88.8 cm³/mol. The van der Waals surface area contributed by atoms with E-state index in [4.69, 9.17) is 0 Å². The summed E-state index contributed by atoms with van der Waals surface area (Å²) in [5, 5.41) is 20.9. The molecular formula is C16H11BrN2O4. The molecule has 0 unspecified atom stereocenters. The summed E-state index contributed by atoms with van der Waals surface area (Å²) in [6, 6.07) is 13.3. The summed E-state index contributed by atoms with van der Waals surface area (Å²) in [4.78, 5) is 21.7. The maximum atomic E-state index is 11.5. The van der Waals surface area contributed by atoms with Gasteiger partial charge in [0, 0.05) is 34.1 Å². The maximum absolute atomic E-state index is 11.5. The number of benzene rings is 2. The van der Waals surface area contributed by atoms with Crippen LogP contribution in [0.4, 0.5) is 5.69 Å². The highest BCUT2D eigenvalue weighted by Gasteiger charge is 2.15. The molecule has 0 fully saturated rings. The summed E-state index contributed by atoms with van der Waals surface area (Å²) < 4.78 is 2.56. The summed E-state index contributed by atoms with van der Waals surface area (Å²) in [6.07, 6.45) is 0. The van der Waals surface area contributed by atoms with Crippen LogP contribution in [0.1, 0.15) is 16.1 Å². The second kappa shape index (κ2) is 5.85. The molecule has 1 heterocycles. The van der Waals surface area contributed by atoms with Gasteiger partial charge in [0.25, 0.3) is 5.69 Å². The zero-order valence-corrected chi connectivity index (χ0v) is 13.4. The lowest BCUT2D eigenvalue weighted by molar-refractivity contribution is -0.384. The first-order valence-corrected chi connectivity index (χ1v) is 7.50. The number of hydrogen-bond acceptors (Lipinski definition) is 3. The number of rotatable bonds is 4. The largest absolute Gasteiger partial charge is 0.477 e. The predicted octanol–water partition coefficient (Wildman–Crippen LogP) is 4.06. The normalized spacial score (nSPS) is 10.8. The number of non-ortho nitro benzene ring substituents is 1. The van der Waals surface area contributed by atoms with Gasteiger partial charge in [0.05, 0.1) is 4.92 Å². The van der Waals surface area contributed by atoms with Crippen molar-refractivity contribution in [1.82, 2.24) is 4.57 Å². The Balaban J connectivity index is 2.06. The fraction of sp³-hybridized carbons (Fsp3) is 0.0625. The lowest BCUT2D eigenvalue weighted by Gasteiger charge is -2.08. The van der Waals surface area contributed by atoms with Crippen LogP contribution in [-0.2, 0) is 6.54 Å². The second-order valence-corrected chi connectivity index (χ2v) is 5.96. The van der Waals surface area contributed by atoms with Gasteiger partial charge in [-0.15, -0.1) is 0 Å². The van der Waals surface area contributed by atoms with Crippen molar-refractivity contribution in [1.29, 1.82) is 0 Å². The van der Waals surface area contributed by atoms with Gasteiger partial charge in [-0.2, -0.15) is 0 Å². The Morgan fingerprint density at radius 2 is 1.87 bits per heavy atom. The van der Waals surface area contributed by atoms with Crippen molar-refractivity contribution in [2.24, 2.45) is 0 Å². The Morgan fingerprint density at radius 1 is 1.17 bits per heavy atom. The molecule has 3 rings (SSSR count). The Hall–Kier alpha value is -2.67. The van der Waals surface area contributed by atoms with Crippen LogP contribution in [0.2, 0.25) is 0 Å². The molecule has 23 heavy (non-hydrogen) atoms. The van der Waals surface area contributed by atoms with Crippen molar-refractivity contribution in [3.05, 3.63) is 74.4 Å². The first-order valence-electron chi connectivity index (χ1n) is 6.71. The summed E-state index contributed by atoms with van der Waals surface area (Å²) >= 11 is 3.37. The monoisotopic (exact) mass is 374 g/mol. The number of carboxylic acids is 1. The van der Waals surface area contributed by atoms with Crippen LogP contribution < -0.4 is 0 Å². The minimum atomic E-state index is -1.01. The van der Waals surface area contributed by atoms with Crippen LogP contribution in [0, 0.1) is 10.1 Å². The molecule has 116 valence electrons. The van der Waals surface area contributed by atoms with Gasteiger partial charge in [0.15, 0.2) is 0 Å². The van der Waals surface area contributed by atoms with E-state index < -0.39 is 10.9 Å². The average Bonchev–Trinajstić information content (AvgIpc) is 2.86. The van der Waals surface area contributed by atoms with Gasteiger partial charge in [-0.25, -0.2) is 4.79 Å². The van der Waals surface area contributed by atoms with Gasteiger partial charge in [0.2, 0.25) is 0 Å². The Morgan fingerprint density at radius 3 is 2.48 bits per heavy atom. The fourth-order valence-corrected chi connectivity index (χ4v) is 2.87. The van der Waals surface area contributed by atoms with E-state index in [9.17, 15) is 20.0 Å². The number of aromatic carboxylic acids is 1. The van der Waals surface area contributed by atoms with Gasteiger partial charge in [-0.05, 0) is 29.8 Å². The maximum Gasteiger partial charge on any atom is 0.352 e. The van der Waals surface area contributed by atoms with E-state index in [-0.39, 0.29) is 11.4 Å². The number of nitro benzene ring substituents is 1. The van der Waals surface area contributed by atoms with E-state index >= 15 is 0 Å². The van der Waals surface area contributed by atoms with Gasteiger partial charge in [0.1, 0.15) is 5.69 Å². The molecule has 3 aromatic rings. The van der Waals surface area contributed by atoms with Crippen molar-refractivity contribution in [2.45, 2.75) is 6.54 Å². The van der Waals surface area contributed by atoms with Gasteiger partial charge in [-0.3, -0.25) is 10.1 Å². The topological polar surface area (TPSA) is 85.4 Å². The smallest absolute Gasteiger partial charge is 0.352 e. The van der Waals surface area contributed by atoms with Crippen molar-refractivity contribution >= 4 is 38.5 Å². The van der Waals surface area contributed by atoms with E-state index in [1.165, 1.54) is 12.1 Å². The average molecular weight is 375 g/mol. The van der Waals surface area contributed by atoms with Crippen molar-refractivity contribution in [2.75, 3.05) is 0 Å².